The zero-order chi connectivity index (χ0) is 11.7. The first-order valence-electron chi connectivity index (χ1n) is 4.28. The van der Waals surface area contributed by atoms with Crippen LogP contribution >= 0.6 is 23.2 Å². The maximum Gasteiger partial charge on any atom is 0.322 e. The maximum absolute atomic E-state index is 5.87. The molecule has 0 aliphatic carbocycles. The maximum atomic E-state index is 5.87. The quantitative estimate of drug-likeness (QED) is 0.821. The third kappa shape index (κ3) is 2.07. The minimum Gasteiger partial charge on any atom is -0.467 e. The van der Waals surface area contributed by atoms with Crippen LogP contribution in [0.1, 0.15) is 5.69 Å². The Morgan fingerprint density at radius 1 is 1.25 bits per heavy atom. The molecule has 84 valence electrons. The summed E-state index contributed by atoms with van der Waals surface area (Å²) in [7, 11) is 1.44. The molecule has 0 aliphatic rings. The molecule has 0 aliphatic heterocycles. The van der Waals surface area contributed by atoms with Crippen molar-refractivity contribution in [3.05, 3.63) is 22.2 Å². The van der Waals surface area contributed by atoms with Gasteiger partial charge < -0.3 is 4.74 Å². The third-order valence-corrected chi connectivity index (χ3v) is 2.34. The number of nitrogens with zero attached hydrogens (tertiary/aromatic N) is 5. The number of aryl methyl sites for hydroxylation is 1. The van der Waals surface area contributed by atoms with Crippen LogP contribution in [0.15, 0.2) is 6.20 Å². The van der Waals surface area contributed by atoms with Gasteiger partial charge in [-0.15, -0.1) is 0 Å². The van der Waals surface area contributed by atoms with Gasteiger partial charge in [0.2, 0.25) is 5.28 Å². The summed E-state index contributed by atoms with van der Waals surface area (Å²) in [6, 6.07) is 0.124. The molecule has 0 amide bonds. The summed E-state index contributed by atoms with van der Waals surface area (Å²) in [5.74, 6) is 0.256. The predicted octanol–water partition coefficient (Wildman–Crippen LogP) is 1.68. The van der Waals surface area contributed by atoms with E-state index in [4.69, 9.17) is 27.9 Å². The molecule has 16 heavy (non-hydrogen) atoms. The van der Waals surface area contributed by atoms with Crippen LogP contribution < -0.4 is 4.74 Å². The van der Waals surface area contributed by atoms with E-state index >= 15 is 0 Å². The molecule has 0 saturated heterocycles. The Balaban J connectivity index is 2.50. The van der Waals surface area contributed by atoms with E-state index in [2.05, 4.69) is 20.1 Å². The molecule has 2 aromatic rings. The monoisotopic (exact) mass is 259 g/mol. The van der Waals surface area contributed by atoms with Gasteiger partial charge in [-0.1, -0.05) is 11.6 Å². The second-order valence-electron chi connectivity index (χ2n) is 2.90. The van der Waals surface area contributed by atoms with E-state index in [9.17, 15) is 0 Å². The number of halogens is 2. The molecular weight excluding hydrogens is 253 g/mol. The summed E-state index contributed by atoms with van der Waals surface area (Å²) in [5.41, 5.74) is 0.678. The lowest BCUT2D eigenvalue weighted by atomic mass is 10.5. The first-order chi connectivity index (χ1) is 7.60. The summed E-state index contributed by atoms with van der Waals surface area (Å²) >= 11 is 11.6. The Kier molecular flexibility index (Phi) is 2.93. The Morgan fingerprint density at radius 3 is 2.56 bits per heavy atom. The number of ether oxygens (including phenoxy) is 1. The molecule has 0 aromatic carbocycles. The van der Waals surface area contributed by atoms with Crippen LogP contribution in [0.25, 0.3) is 5.95 Å². The molecule has 0 unspecified atom stereocenters. The van der Waals surface area contributed by atoms with Gasteiger partial charge >= 0.3 is 6.01 Å². The van der Waals surface area contributed by atoms with Gasteiger partial charge in [0.1, 0.15) is 0 Å². The summed E-state index contributed by atoms with van der Waals surface area (Å²) in [5, 5.41) is 4.67. The molecule has 0 fully saturated rings. The molecule has 0 atom stereocenters. The van der Waals surface area contributed by atoms with Gasteiger partial charge in [-0.05, 0) is 18.5 Å². The molecule has 8 heteroatoms. The van der Waals surface area contributed by atoms with Crippen LogP contribution in [0.2, 0.25) is 10.3 Å². The zero-order valence-electron chi connectivity index (χ0n) is 8.48. The van der Waals surface area contributed by atoms with Crippen molar-refractivity contribution in [3.63, 3.8) is 0 Å². The van der Waals surface area contributed by atoms with Gasteiger partial charge in [0, 0.05) is 0 Å². The van der Waals surface area contributed by atoms with E-state index in [1.807, 2.05) is 0 Å². The lowest BCUT2D eigenvalue weighted by Gasteiger charge is -2.01. The van der Waals surface area contributed by atoms with Crippen molar-refractivity contribution in [2.75, 3.05) is 7.11 Å². The van der Waals surface area contributed by atoms with Crippen molar-refractivity contribution < 1.29 is 4.74 Å². The smallest absolute Gasteiger partial charge is 0.322 e. The number of rotatable bonds is 2. The summed E-state index contributed by atoms with van der Waals surface area (Å²) in [6.45, 7) is 1.78. The summed E-state index contributed by atoms with van der Waals surface area (Å²) < 4.78 is 6.28. The van der Waals surface area contributed by atoms with Crippen molar-refractivity contribution >= 4 is 23.2 Å². The average molecular weight is 260 g/mol. The van der Waals surface area contributed by atoms with Gasteiger partial charge in [-0.3, -0.25) is 0 Å². The van der Waals surface area contributed by atoms with E-state index < -0.39 is 0 Å². The Bertz CT molecular complexity index is 508. The van der Waals surface area contributed by atoms with Crippen LogP contribution in [-0.4, -0.2) is 31.8 Å². The second-order valence-corrected chi connectivity index (χ2v) is 3.64. The fourth-order valence-electron chi connectivity index (χ4n) is 1.06. The van der Waals surface area contributed by atoms with E-state index in [-0.39, 0.29) is 17.2 Å². The topological polar surface area (TPSA) is 65.7 Å². The Hall–Kier alpha value is -1.40. The molecule has 2 rings (SSSR count). The average Bonchev–Trinajstić information content (AvgIpc) is 2.58. The molecule has 0 radical (unpaired) electrons. The molecule has 0 bridgehead atoms. The number of aromatic nitrogens is 5. The van der Waals surface area contributed by atoms with Gasteiger partial charge in [0.15, 0.2) is 0 Å². The Labute approximate surface area is 101 Å². The second kappa shape index (κ2) is 4.23. The lowest BCUT2D eigenvalue weighted by Crippen LogP contribution is -2.05. The molecule has 2 heterocycles. The molecule has 0 N–H and O–H groups in total. The van der Waals surface area contributed by atoms with E-state index in [0.29, 0.717) is 10.7 Å². The van der Waals surface area contributed by atoms with Crippen molar-refractivity contribution in [2.24, 2.45) is 0 Å². The lowest BCUT2D eigenvalue weighted by molar-refractivity contribution is 0.376. The number of hydrogen-bond donors (Lipinski definition) is 0. The molecule has 0 saturated carbocycles. The first kappa shape index (κ1) is 11.1. The highest BCUT2D eigenvalue weighted by atomic mass is 35.5. The van der Waals surface area contributed by atoms with Crippen LogP contribution in [0.5, 0.6) is 6.01 Å². The Morgan fingerprint density at radius 2 is 2.00 bits per heavy atom. The van der Waals surface area contributed by atoms with Crippen molar-refractivity contribution in [1.29, 1.82) is 0 Å². The van der Waals surface area contributed by atoms with Crippen molar-refractivity contribution in [3.8, 4) is 12.0 Å². The number of hydrogen-bond acceptors (Lipinski definition) is 5. The van der Waals surface area contributed by atoms with E-state index in [0.717, 1.165) is 0 Å². The summed E-state index contributed by atoms with van der Waals surface area (Å²) in [6.07, 6.45) is 1.59. The van der Waals surface area contributed by atoms with Crippen LogP contribution in [0.3, 0.4) is 0 Å². The van der Waals surface area contributed by atoms with Crippen LogP contribution in [-0.2, 0) is 0 Å². The summed E-state index contributed by atoms with van der Waals surface area (Å²) in [4.78, 5) is 11.7. The fourth-order valence-corrected chi connectivity index (χ4v) is 1.34. The highest BCUT2D eigenvalue weighted by Gasteiger charge is 2.10. The van der Waals surface area contributed by atoms with Gasteiger partial charge in [0.05, 0.1) is 24.0 Å². The largest absolute Gasteiger partial charge is 0.467 e. The van der Waals surface area contributed by atoms with Crippen LogP contribution in [0, 0.1) is 6.92 Å². The first-order valence-corrected chi connectivity index (χ1v) is 5.03. The molecule has 2 aromatic heterocycles. The molecule has 6 nitrogen and oxygen atoms in total. The van der Waals surface area contributed by atoms with Gasteiger partial charge in [0.25, 0.3) is 5.95 Å². The van der Waals surface area contributed by atoms with Crippen molar-refractivity contribution in [1.82, 2.24) is 24.7 Å². The van der Waals surface area contributed by atoms with Gasteiger partial charge in [-0.2, -0.15) is 20.1 Å². The highest BCUT2D eigenvalue weighted by Crippen LogP contribution is 2.16. The SMILES string of the molecule is COc1nc(Cl)nc(-n2cc(Cl)c(C)n2)n1. The van der Waals surface area contributed by atoms with Crippen molar-refractivity contribution in [2.45, 2.75) is 6.92 Å². The normalized spacial score (nSPS) is 10.5. The predicted molar refractivity (Wildman–Crippen MR) is 58.3 cm³/mol. The highest BCUT2D eigenvalue weighted by molar-refractivity contribution is 6.31. The minimum absolute atomic E-state index is 0.0334. The third-order valence-electron chi connectivity index (χ3n) is 1.80. The minimum atomic E-state index is 0.0334. The standard InChI is InChI=1S/C8H7Cl2N5O/c1-4-5(9)3-15(14-4)7-11-6(10)12-8(13-7)16-2/h3H,1-2H3. The van der Waals surface area contributed by atoms with E-state index in [1.165, 1.54) is 11.8 Å². The number of methoxy groups -OCH3 is 1. The molecular formula is C8H7Cl2N5O. The zero-order valence-corrected chi connectivity index (χ0v) is 9.99. The van der Waals surface area contributed by atoms with Crippen LogP contribution in [0.4, 0.5) is 0 Å². The van der Waals surface area contributed by atoms with E-state index in [1.54, 1.807) is 13.1 Å². The molecule has 0 spiro atoms. The van der Waals surface area contributed by atoms with Gasteiger partial charge in [-0.25, -0.2) is 4.68 Å². The fraction of sp³-hybridized carbons (Fsp3) is 0.250.